The highest BCUT2D eigenvalue weighted by Crippen LogP contribution is 2.32. The van der Waals surface area contributed by atoms with Gasteiger partial charge in [-0.15, -0.1) is 0 Å². The molecule has 0 saturated carbocycles. The monoisotopic (exact) mass is 336 g/mol. The molecule has 0 amide bonds. The summed E-state index contributed by atoms with van der Waals surface area (Å²) in [4.78, 5) is 28.5. The number of nitrogens with zero attached hydrogens (tertiary/aromatic N) is 1. The Kier molecular flexibility index (Phi) is 3.46. The number of carbonyl (C=O) groups is 1. The van der Waals surface area contributed by atoms with Crippen LogP contribution >= 0.6 is 0 Å². The van der Waals surface area contributed by atoms with Crippen LogP contribution in [0.25, 0.3) is 32.7 Å². The number of carbonyl (C=O) groups excluding carboxylic acids is 1. The van der Waals surface area contributed by atoms with E-state index in [0.29, 0.717) is 16.8 Å². The predicted octanol–water partition coefficient (Wildman–Crippen LogP) is 3.65. The first-order valence-electron chi connectivity index (χ1n) is 7.96. The Morgan fingerprint density at radius 3 is 2.60 bits per heavy atom. The van der Waals surface area contributed by atoms with E-state index in [0.717, 1.165) is 26.2 Å². The van der Waals surface area contributed by atoms with Crippen LogP contribution in [-0.2, 0) is 4.74 Å². The molecule has 4 rings (SSSR count). The van der Waals surface area contributed by atoms with Gasteiger partial charge in [-0.3, -0.25) is 4.79 Å². The van der Waals surface area contributed by atoms with E-state index in [4.69, 9.17) is 9.47 Å². The number of H-pyrrole nitrogens is 1. The summed E-state index contributed by atoms with van der Waals surface area (Å²) >= 11 is 0. The second-order valence-electron chi connectivity index (χ2n) is 5.65. The Morgan fingerprint density at radius 2 is 1.88 bits per heavy atom. The number of ether oxygens (including phenoxy) is 2. The molecule has 0 saturated heterocycles. The van der Waals surface area contributed by atoms with Crippen molar-refractivity contribution in [1.29, 1.82) is 0 Å². The van der Waals surface area contributed by atoms with Crippen LogP contribution in [0.4, 0.5) is 4.79 Å². The lowest BCUT2D eigenvalue weighted by Crippen LogP contribution is -2.28. The lowest BCUT2D eigenvalue weighted by atomic mass is 10.1. The molecule has 2 aromatic heterocycles. The molecule has 0 radical (unpaired) electrons. The Hall–Kier alpha value is -3.28. The molecular weight excluding hydrogens is 320 g/mol. The lowest BCUT2D eigenvalue weighted by Gasteiger charge is -2.09. The normalized spacial score (nSPS) is 11.3. The Bertz CT molecular complexity index is 1190. The van der Waals surface area contributed by atoms with Crippen LogP contribution in [-0.4, -0.2) is 29.4 Å². The maximum Gasteiger partial charge on any atom is 0.422 e. The van der Waals surface area contributed by atoms with Crippen molar-refractivity contribution in [3.8, 4) is 5.75 Å². The molecule has 2 aromatic carbocycles. The Labute approximate surface area is 142 Å². The third-order valence-corrected chi connectivity index (χ3v) is 4.29. The van der Waals surface area contributed by atoms with E-state index in [1.54, 1.807) is 26.2 Å². The molecule has 0 bridgehead atoms. The van der Waals surface area contributed by atoms with Gasteiger partial charge >= 0.3 is 6.09 Å². The summed E-state index contributed by atoms with van der Waals surface area (Å²) in [5.74, 6) is 0.700. The zero-order valence-electron chi connectivity index (χ0n) is 13.8. The molecule has 0 unspecified atom stereocenters. The Balaban J connectivity index is 2.26. The number of fused-ring (bicyclic) bond motifs is 5. The van der Waals surface area contributed by atoms with Crippen molar-refractivity contribution < 1.29 is 14.3 Å². The van der Waals surface area contributed by atoms with Crippen LogP contribution in [0.5, 0.6) is 5.75 Å². The van der Waals surface area contributed by atoms with Crippen LogP contribution in [0, 0.1) is 0 Å². The van der Waals surface area contributed by atoms with Gasteiger partial charge in [-0.05, 0) is 36.6 Å². The quantitative estimate of drug-likeness (QED) is 0.606. The van der Waals surface area contributed by atoms with Crippen LogP contribution in [0.3, 0.4) is 0 Å². The molecule has 0 aliphatic rings. The predicted molar refractivity (Wildman–Crippen MR) is 96.5 cm³/mol. The summed E-state index contributed by atoms with van der Waals surface area (Å²) in [7, 11) is 1.60. The van der Waals surface area contributed by atoms with E-state index in [2.05, 4.69) is 4.98 Å². The summed E-state index contributed by atoms with van der Waals surface area (Å²) in [6.45, 7) is 1.89. The van der Waals surface area contributed by atoms with E-state index in [-0.39, 0.29) is 6.61 Å². The van der Waals surface area contributed by atoms with E-state index >= 15 is 0 Å². The largest absolute Gasteiger partial charge is 0.497 e. The van der Waals surface area contributed by atoms with Crippen LogP contribution in [0.15, 0.2) is 47.3 Å². The van der Waals surface area contributed by atoms with E-state index in [9.17, 15) is 9.59 Å². The number of hydrogen-bond donors (Lipinski definition) is 1. The number of hydrogen-bond acceptors (Lipinski definition) is 4. The highest BCUT2D eigenvalue weighted by Gasteiger charge is 2.20. The lowest BCUT2D eigenvalue weighted by molar-refractivity contribution is 0.154. The molecule has 0 aliphatic carbocycles. The highest BCUT2D eigenvalue weighted by atomic mass is 16.5. The summed E-state index contributed by atoms with van der Waals surface area (Å²) in [6.07, 6.45) is -0.693. The fourth-order valence-corrected chi connectivity index (χ4v) is 3.20. The number of methoxy groups -OCH3 is 1. The first-order chi connectivity index (χ1) is 12.2. The molecule has 1 N–H and O–H groups in total. The van der Waals surface area contributed by atoms with Gasteiger partial charge in [0, 0.05) is 21.7 Å². The van der Waals surface area contributed by atoms with Gasteiger partial charge in [0.1, 0.15) is 11.4 Å². The van der Waals surface area contributed by atoms with Crippen molar-refractivity contribution in [1.82, 2.24) is 9.55 Å². The number of rotatable bonds is 2. The molecule has 0 aliphatic heterocycles. The first-order valence-corrected chi connectivity index (χ1v) is 7.96. The second kappa shape index (κ2) is 5.66. The van der Waals surface area contributed by atoms with Gasteiger partial charge in [0.05, 0.1) is 13.7 Å². The van der Waals surface area contributed by atoms with Crippen molar-refractivity contribution in [2.24, 2.45) is 0 Å². The third kappa shape index (κ3) is 2.18. The number of pyridine rings is 1. The zero-order chi connectivity index (χ0) is 17.6. The van der Waals surface area contributed by atoms with Crippen molar-refractivity contribution in [3.63, 3.8) is 0 Å². The highest BCUT2D eigenvalue weighted by molar-refractivity contribution is 6.20. The van der Waals surface area contributed by atoms with Gasteiger partial charge in [-0.2, -0.15) is 4.57 Å². The molecule has 2 heterocycles. The fourth-order valence-electron chi connectivity index (χ4n) is 3.20. The van der Waals surface area contributed by atoms with Crippen LogP contribution in [0.2, 0.25) is 0 Å². The maximum absolute atomic E-state index is 12.9. The minimum atomic E-state index is -0.693. The number of nitrogens with one attached hydrogen (secondary N) is 1. The van der Waals surface area contributed by atoms with Crippen LogP contribution < -0.4 is 10.3 Å². The molecule has 126 valence electrons. The number of benzene rings is 2. The molecule has 0 fully saturated rings. The summed E-state index contributed by atoms with van der Waals surface area (Å²) in [6, 6.07) is 12.8. The van der Waals surface area contributed by atoms with Gasteiger partial charge in [0.15, 0.2) is 0 Å². The van der Waals surface area contributed by atoms with E-state index < -0.39 is 11.7 Å². The minimum absolute atomic E-state index is 0.188. The van der Waals surface area contributed by atoms with E-state index in [1.807, 2.05) is 30.3 Å². The standard InChI is InChI=1S/C19H16N2O4/c1-3-25-19(23)21-17-16(12-6-4-5-7-13(12)18(21)22)14-10-11(24-2)8-9-15(14)20-17/h4-10,20H,3H2,1-2H3. The second-order valence-corrected chi connectivity index (χ2v) is 5.65. The average Bonchev–Trinajstić information content (AvgIpc) is 3.00. The topological polar surface area (TPSA) is 73.3 Å². The molecule has 4 aromatic rings. The molecular formula is C19H16N2O4. The molecule has 25 heavy (non-hydrogen) atoms. The van der Waals surface area contributed by atoms with Crippen molar-refractivity contribution in [2.45, 2.75) is 6.92 Å². The summed E-state index contributed by atoms with van der Waals surface area (Å²) in [5, 5.41) is 2.91. The first kappa shape index (κ1) is 15.3. The fraction of sp³-hybridized carbons (Fsp3) is 0.158. The van der Waals surface area contributed by atoms with Crippen LogP contribution in [0.1, 0.15) is 6.92 Å². The van der Waals surface area contributed by atoms with Gasteiger partial charge < -0.3 is 14.5 Å². The van der Waals surface area contributed by atoms with Crippen molar-refractivity contribution >= 4 is 38.8 Å². The SMILES string of the molecule is CCOC(=O)n1c(=O)c2ccccc2c2c3cc(OC)ccc3[nH]c21. The number of aromatic amines is 1. The molecule has 6 nitrogen and oxygen atoms in total. The summed E-state index contributed by atoms with van der Waals surface area (Å²) in [5.41, 5.74) is 0.829. The molecule has 0 atom stereocenters. The van der Waals surface area contributed by atoms with Crippen molar-refractivity contribution in [3.05, 3.63) is 52.8 Å². The number of aromatic nitrogens is 2. The minimum Gasteiger partial charge on any atom is -0.497 e. The smallest absolute Gasteiger partial charge is 0.422 e. The van der Waals surface area contributed by atoms with Crippen molar-refractivity contribution in [2.75, 3.05) is 13.7 Å². The molecule has 0 spiro atoms. The molecule has 6 heteroatoms. The van der Waals surface area contributed by atoms with Gasteiger partial charge in [0.25, 0.3) is 5.56 Å². The van der Waals surface area contributed by atoms with E-state index in [1.165, 1.54) is 0 Å². The van der Waals surface area contributed by atoms with Gasteiger partial charge in [-0.25, -0.2) is 4.79 Å². The summed E-state index contributed by atoms with van der Waals surface area (Å²) < 4.78 is 11.5. The third-order valence-electron chi connectivity index (χ3n) is 4.29. The van der Waals surface area contributed by atoms with Gasteiger partial charge in [0.2, 0.25) is 0 Å². The average molecular weight is 336 g/mol. The maximum atomic E-state index is 12.9. The van der Waals surface area contributed by atoms with Gasteiger partial charge in [-0.1, -0.05) is 18.2 Å². The zero-order valence-corrected chi connectivity index (χ0v) is 13.8. The Morgan fingerprint density at radius 1 is 1.12 bits per heavy atom.